The van der Waals surface area contributed by atoms with E-state index < -0.39 is 0 Å². The van der Waals surface area contributed by atoms with Gasteiger partial charge in [-0.25, -0.2) is 0 Å². The first-order valence-electron chi connectivity index (χ1n) is 8.54. The lowest BCUT2D eigenvalue weighted by Gasteiger charge is -2.12. The van der Waals surface area contributed by atoms with Crippen molar-refractivity contribution >= 4 is 11.6 Å². The van der Waals surface area contributed by atoms with E-state index >= 15 is 0 Å². The van der Waals surface area contributed by atoms with Gasteiger partial charge in [-0.2, -0.15) is 0 Å². The van der Waals surface area contributed by atoms with E-state index in [1.165, 1.54) is 0 Å². The summed E-state index contributed by atoms with van der Waals surface area (Å²) in [5, 5.41) is 2.81. The number of para-hydroxylation sites is 1. The average Bonchev–Trinajstić information content (AvgIpc) is 2.68. The summed E-state index contributed by atoms with van der Waals surface area (Å²) >= 11 is 0. The number of nitrogens with one attached hydrogen (secondary N) is 1. The Balaban J connectivity index is 1.59. The molecule has 138 valence electrons. The van der Waals surface area contributed by atoms with Gasteiger partial charge >= 0.3 is 0 Å². The van der Waals surface area contributed by atoms with Crippen LogP contribution in [0.4, 0.5) is 5.69 Å². The molecule has 5 heteroatoms. The van der Waals surface area contributed by atoms with E-state index in [1.807, 2.05) is 67.6 Å². The van der Waals surface area contributed by atoms with Gasteiger partial charge in [-0.05, 0) is 48.9 Å². The molecule has 0 saturated heterocycles. The van der Waals surface area contributed by atoms with Crippen molar-refractivity contribution < 1.29 is 19.0 Å². The minimum absolute atomic E-state index is 0.119. The van der Waals surface area contributed by atoms with Gasteiger partial charge < -0.3 is 19.5 Å². The Hall–Kier alpha value is -3.47. The summed E-state index contributed by atoms with van der Waals surface area (Å²) in [5.41, 5.74) is 1.64. The molecule has 27 heavy (non-hydrogen) atoms. The van der Waals surface area contributed by atoms with E-state index in [4.69, 9.17) is 14.2 Å². The van der Waals surface area contributed by atoms with Crippen molar-refractivity contribution in [1.82, 2.24) is 0 Å². The number of hydrogen-bond acceptors (Lipinski definition) is 4. The molecule has 0 aliphatic rings. The average molecular weight is 363 g/mol. The highest BCUT2D eigenvalue weighted by Crippen LogP contribution is 2.26. The molecule has 0 unspecified atom stereocenters. The van der Waals surface area contributed by atoms with Gasteiger partial charge in [0.2, 0.25) is 0 Å². The highest BCUT2D eigenvalue weighted by atomic mass is 16.5. The van der Waals surface area contributed by atoms with Crippen LogP contribution in [0.5, 0.6) is 23.0 Å². The van der Waals surface area contributed by atoms with Gasteiger partial charge in [0.25, 0.3) is 5.91 Å². The summed E-state index contributed by atoms with van der Waals surface area (Å²) in [7, 11) is 1.56. The van der Waals surface area contributed by atoms with Crippen LogP contribution in [0.3, 0.4) is 0 Å². The summed E-state index contributed by atoms with van der Waals surface area (Å²) in [6.07, 6.45) is 0. The van der Waals surface area contributed by atoms with Gasteiger partial charge in [-0.15, -0.1) is 0 Å². The molecule has 3 rings (SSSR count). The van der Waals surface area contributed by atoms with Crippen molar-refractivity contribution in [3.05, 3.63) is 78.4 Å². The minimum atomic E-state index is -0.270. The molecule has 0 bridgehead atoms. The fraction of sp³-hybridized carbons (Fsp3) is 0.136. The van der Waals surface area contributed by atoms with Crippen molar-refractivity contribution in [2.75, 3.05) is 19.0 Å². The monoisotopic (exact) mass is 363 g/mol. The second kappa shape index (κ2) is 8.76. The van der Waals surface area contributed by atoms with Gasteiger partial charge in [-0.1, -0.05) is 30.3 Å². The third-order valence-corrected chi connectivity index (χ3v) is 3.78. The Bertz CT molecular complexity index is 909. The van der Waals surface area contributed by atoms with Gasteiger partial charge in [0.15, 0.2) is 6.61 Å². The fourth-order valence-electron chi connectivity index (χ4n) is 2.51. The molecule has 0 aromatic heterocycles. The van der Waals surface area contributed by atoms with E-state index in [0.29, 0.717) is 22.9 Å². The lowest BCUT2D eigenvalue weighted by Crippen LogP contribution is -2.20. The summed E-state index contributed by atoms with van der Waals surface area (Å²) in [5.74, 6) is 2.26. The summed E-state index contributed by atoms with van der Waals surface area (Å²) in [6, 6.07) is 22.2. The fourth-order valence-corrected chi connectivity index (χ4v) is 2.51. The van der Waals surface area contributed by atoms with Crippen LogP contribution in [0.25, 0.3) is 0 Å². The highest BCUT2D eigenvalue weighted by Gasteiger charge is 2.09. The molecule has 0 atom stereocenters. The molecule has 0 aliphatic heterocycles. The first-order valence-corrected chi connectivity index (χ1v) is 8.54. The van der Waals surface area contributed by atoms with E-state index in [2.05, 4.69) is 5.32 Å². The van der Waals surface area contributed by atoms with Crippen LogP contribution in [0, 0.1) is 6.92 Å². The van der Waals surface area contributed by atoms with Crippen molar-refractivity contribution in [2.24, 2.45) is 0 Å². The number of amides is 1. The molecule has 0 fully saturated rings. The summed E-state index contributed by atoms with van der Waals surface area (Å²) in [6.45, 7) is 1.83. The van der Waals surface area contributed by atoms with Crippen LogP contribution < -0.4 is 19.5 Å². The Kier molecular flexibility index (Phi) is 5.94. The third-order valence-electron chi connectivity index (χ3n) is 3.78. The van der Waals surface area contributed by atoms with E-state index in [9.17, 15) is 4.79 Å². The molecule has 3 aromatic rings. The smallest absolute Gasteiger partial charge is 0.262 e. The highest BCUT2D eigenvalue weighted by molar-refractivity contribution is 5.93. The zero-order chi connectivity index (χ0) is 19.1. The number of ether oxygens (including phenoxy) is 3. The molecular weight excluding hydrogens is 342 g/mol. The predicted molar refractivity (Wildman–Crippen MR) is 105 cm³/mol. The molecule has 0 radical (unpaired) electrons. The minimum Gasteiger partial charge on any atom is -0.495 e. The van der Waals surface area contributed by atoms with Gasteiger partial charge in [0.1, 0.15) is 23.0 Å². The Morgan fingerprint density at radius 3 is 2.41 bits per heavy atom. The normalized spacial score (nSPS) is 10.1. The Morgan fingerprint density at radius 1 is 0.889 bits per heavy atom. The number of benzene rings is 3. The molecule has 0 heterocycles. The van der Waals surface area contributed by atoms with Gasteiger partial charge in [-0.3, -0.25) is 4.79 Å². The molecule has 1 amide bonds. The molecule has 3 aromatic carbocycles. The number of carbonyl (C=O) groups is 1. The predicted octanol–water partition coefficient (Wildman–Crippen LogP) is 4.81. The van der Waals surface area contributed by atoms with Crippen LogP contribution in [0.15, 0.2) is 72.8 Å². The molecule has 0 aliphatic carbocycles. The van der Waals surface area contributed by atoms with E-state index in [1.54, 1.807) is 19.2 Å². The maximum absolute atomic E-state index is 12.2. The number of methoxy groups -OCH3 is 1. The molecule has 5 nitrogen and oxygen atoms in total. The van der Waals surface area contributed by atoms with Crippen LogP contribution >= 0.6 is 0 Å². The van der Waals surface area contributed by atoms with Crippen molar-refractivity contribution in [3.8, 4) is 23.0 Å². The Morgan fingerprint density at radius 2 is 1.63 bits per heavy atom. The van der Waals surface area contributed by atoms with Crippen LogP contribution in [0.1, 0.15) is 5.56 Å². The number of anilines is 1. The van der Waals surface area contributed by atoms with Crippen LogP contribution in [-0.4, -0.2) is 19.6 Å². The Labute approximate surface area is 158 Å². The first-order chi connectivity index (χ1) is 13.1. The van der Waals surface area contributed by atoms with Crippen LogP contribution in [-0.2, 0) is 4.79 Å². The largest absolute Gasteiger partial charge is 0.495 e. The van der Waals surface area contributed by atoms with Crippen molar-refractivity contribution in [2.45, 2.75) is 6.92 Å². The third kappa shape index (κ3) is 5.25. The maximum Gasteiger partial charge on any atom is 0.262 e. The van der Waals surface area contributed by atoms with E-state index in [-0.39, 0.29) is 12.5 Å². The lowest BCUT2D eigenvalue weighted by atomic mass is 10.2. The lowest BCUT2D eigenvalue weighted by molar-refractivity contribution is -0.118. The van der Waals surface area contributed by atoms with Crippen LogP contribution in [0.2, 0.25) is 0 Å². The number of aryl methyl sites for hydroxylation is 1. The van der Waals surface area contributed by atoms with Crippen molar-refractivity contribution in [1.29, 1.82) is 0 Å². The van der Waals surface area contributed by atoms with Gasteiger partial charge in [0, 0.05) is 6.07 Å². The van der Waals surface area contributed by atoms with E-state index in [0.717, 1.165) is 11.3 Å². The molecule has 0 spiro atoms. The summed E-state index contributed by atoms with van der Waals surface area (Å²) in [4.78, 5) is 12.2. The molecule has 1 N–H and O–H groups in total. The standard InChI is InChI=1S/C22H21NO4/c1-16-11-12-21(25-2)20(13-16)23-22(24)15-26-18-9-6-10-19(14-18)27-17-7-4-3-5-8-17/h3-14H,15H2,1-2H3,(H,23,24). The van der Waals surface area contributed by atoms with Gasteiger partial charge in [0.05, 0.1) is 12.8 Å². The SMILES string of the molecule is COc1ccc(C)cc1NC(=O)COc1cccc(Oc2ccccc2)c1. The molecule has 0 saturated carbocycles. The molecular formula is C22H21NO4. The number of rotatable bonds is 7. The maximum atomic E-state index is 12.2. The quantitative estimate of drug-likeness (QED) is 0.654. The number of hydrogen-bond donors (Lipinski definition) is 1. The second-order valence-electron chi connectivity index (χ2n) is 5.93. The second-order valence-corrected chi connectivity index (χ2v) is 5.93. The van der Waals surface area contributed by atoms with Crippen molar-refractivity contribution in [3.63, 3.8) is 0 Å². The zero-order valence-corrected chi connectivity index (χ0v) is 15.3. The zero-order valence-electron chi connectivity index (χ0n) is 15.3. The topological polar surface area (TPSA) is 56.8 Å². The first kappa shape index (κ1) is 18.3. The number of carbonyl (C=O) groups excluding carboxylic acids is 1. The summed E-state index contributed by atoms with van der Waals surface area (Å²) < 4.78 is 16.6.